The van der Waals surface area contributed by atoms with E-state index in [1.165, 1.54) is 11.3 Å². The molecule has 0 radical (unpaired) electrons. The fourth-order valence-corrected chi connectivity index (χ4v) is 2.66. The minimum absolute atomic E-state index is 0.0264. The van der Waals surface area contributed by atoms with E-state index in [9.17, 15) is 4.79 Å². The molecule has 1 N–H and O–H groups in total. The van der Waals surface area contributed by atoms with Crippen molar-refractivity contribution in [2.45, 2.75) is 26.7 Å². The minimum atomic E-state index is 0.0264. The third-order valence-corrected chi connectivity index (χ3v) is 3.88. The maximum atomic E-state index is 12.1. The van der Waals surface area contributed by atoms with Gasteiger partial charge in [-0.3, -0.25) is 4.79 Å². The second-order valence-corrected chi connectivity index (χ2v) is 5.39. The summed E-state index contributed by atoms with van der Waals surface area (Å²) in [6.45, 7) is 6.71. The molecule has 1 aliphatic rings. The molecule has 0 bridgehead atoms. The third-order valence-electron chi connectivity index (χ3n) is 3.01. The Morgan fingerprint density at radius 1 is 1.47 bits per heavy atom. The number of hydrogen-bond donors (Lipinski definition) is 1. The first-order valence-electron chi connectivity index (χ1n) is 6.07. The van der Waals surface area contributed by atoms with Gasteiger partial charge < -0.3 is 10.2 Å². The number of amides is 1. The van der Waals surface area contributed by atoms with Crippen molar-refractivity contribution in [3.63, 3.8) is 0 Å². The van der Waals surface area contributed by atoms with Gasteiger partial charge in [0.15, 0.2) is 0 Å². The second kappa shape index (κ2) is 5.44. The molecule has 94 valence electrons. The van der Waals surface area contributed by atoms with Crippen molar-refractivity contribution in [2.24, 2.45) is 5.92 Å². The quantitative estimate of drug-likeness (QED) is 0.894. The summed E-state index contributed by atoms with van der Waals surface area (Å²) in [5.74, 6) is 0.754. The molecular formula is C11H18N4OS. The van der Waals surface area contributed by atoms with Gasteiger partial charge in [-0.05, 0) is 25.7 Å². The van der Waals surface area contributed by atoms with Crippen LogP contribution < -0.4 is 5.32 Å². The van der Waals surface area contributed by atoms with Gasteiger partial charge in [0.2, 0.25) is 10.1 Å². The van der Waals surface area contributed by atoms with Gasteiger partial charge >= 0.3 is 0 Å². The van der Waals surface area contributed by atoms with Gasteiger partial charge in [-0.15, -0.1) is 10.2 Å². The molecule has 0 saturated carbocycles. The molecule has 1 amide bonds. The van der Waals surface area contributed by atoms with Gasteiger partial charge in [-0.2, -0.15) is 0 Å². The number of aromatic nitrogens is 2. The number of carbonyl (C=O) groups excluding carboxylic acids is 1. The largest absolute Gasteiger partial charge is 0.360 e. The van der Waals surface area contributed by atoms with Crippen LogP contribution in [0.3, 0.4) is 0 Å². The van der Waals surface area contributed by atoms with Gasteiger partial charge in [0, 0.05) is 19.6 Å². The lowest BCUT2D eigenvalue weighted by Crippen LogP contribution is -2.37. The molecule has 1 aromatic heterocycles. The molecule has 1 fully saturated rings. The van der Waals surface area contributed by atoms with Crippen molar-refractivity contribution < 1.29 is 4.79 Å². The van der Waals surface area contributed by atoms with Crippen molar-refractivity contribution >= 4 is 22.4 Å². The van der Waals surface area contributed by atoms with E-state index in [2.05, 4.69) is 22.4 Å². The molecule has 17 heavy (non-hydrogen) atoms. The van der Waals surface area contributed by atoms with E-state index < -0.39 is 0 Å². The topological polar surface area (TPSA) is 58.1 Å². The van der Waals surface area contributed by atoms with Gasteiger partial charge in [0.25, 0.3) is 5.91 Å². The number of anilines is 1. The number of rotatable bonds is 3. The summed E-state index contributed by atoms with van der Waals surface area (Å²) >= 11 is 1.34. The second-order valence-electron chi connectivity index (χ2n) is 4.42. The molecule has 5 nitrogen and oxygen atoms in total. The van der Waals surface area contributed by atoms with E-state index >= 15 is 0 Å². The summed E-state index contributed by atoms with van der Waals surface area (Å²) in [6.07, 6.45) is 2.18. The predicted octanol–water partition coefficient (Wildman–Crippen LogP) is 1.84. The van der Waals surface area contributed by atoms with Crippen LogP contribution in [0.1, 0.15) is 36.5 Å². The smallest absolute Gasteiger partial charge is 0.284 e. The highest BCUT2D eigenvalue weighted by Gasteiger charge is 2.24. The van der Waals surface area contributed by atoms with E-state index in [1.54, 1.807) is 0 Å². The first-order valence-corrected chi connectivity index (χ1v) is 6.89. The van der Waals surface area contributed by atoms with Gasteiger partial charge in [-0.25, -0.2) is 0 Å². The van der Waals surface area contributed by atoms with Crippen LogP contribution in [0.2, 0.25) is 0 Å². The van der Waals surface area contributed by atoms with Crippen LogP contribution in [0.15, 0.2) is 0 Å². The zero-order chi connectivity index (χ0) is 12.3. The van der Waals surface area contributed by atoms with Crippen LogP contribution in [0.4, 0.5) is 5.13 Å². The molecular weight excluding hydrogens is 236 g/mol. The summed E-state index contributed by atoms with van der Waals surface area (Å²) in [5, 5.41) is 12.2. The Morgan fingerprint density at radius 3 is 2.82 bits per heavy atom. The number of piperidine rings is 1. The summed E-state index contributed by atoms with van der Waals surface area (Å²) in [7, 11) is 0. The van der Waals surface area contributed by atoms with E-state index in [1.807, 2.05) is 11.8 Å². The van der Waals surface area contributed by atoms with Crippen LogP contribution in [0, 0.1) is 5.92 Å². The summed E-state index contributed by atoms with van der Waals surface area (Å²) in [6, 6.07) is 0. The van der Waals surface area contributed by atoms with Gasteiger partial charge in [0.1, 0.15) is 0 Å². The number of likely N-dealkylation sites (tertiary alicyclic amines) is 1. The average Bonchev–Trinajstić information content (AvgIpc) is 2.78. The van der Waals surface area contributed by atoms with Crippen molar-refractivity contribution in [3.05, 3.63) is 5.01 Å². The first-order chi connectivity index (χ1) is 8.20. The zero-order valence-electron chi connectivity index (χ0n) is 10.3. The lowest BCUT2D eigenvalue weighted by atomic mass is 9.99. The highest BCUT2D eigenvalue weighted by Crippen LogP contribution is 2.21. The number of carbonyl (C=O) groups is 1. The molecule has 2 rings (SSSR count). The Morgan fingerprint density at radius 2 is 2.18 bits per heavy atom. The SMILES string of the molecule is CCNc1nnc(C(=O)N2CCC(C)CC2)s1. The highest BCUT2D eigenvalue weighted by molar-refractivity contribution is 7.17. The Balaban J connectivity index is 1.98. The summed E-state index contributed by atoms with van der Waals surface area (Å²) < 4.78 is 0. The Labute approximate surface area is 105 Å². The monoisotopic (exact) mass is 254 g/mol. The molecule has 0 spiro atoms. The lowest BCUT2D eigenvalue weighted by molar-refractivity contribution is 0.0696. The third kappa shape index (κ3) is 2.94. The molecule has 0 atom stereocenters. The fraction of sp³-hybridized carbons (Fsp3) is 0.727. The normalized spacial score (nSPS) is 17.2. The lowest BCUT2D eigenvalue weighted by Gasteiger charge is -2.29. The molecule has 0 unspecified atom stereocenters. The van der Waals surface area contributed by atoms with E-state index in [0.29, 0.717) is 5.01 Å². The Hall–Kier alpha value is -1.17. The van der Waals surface area contributed by atoms with E-state index in [0.717, 1.165) is 43.5 Å². The van der Waals surface area contributed by atoms with Crippen LogP contribution in [-0.4, -0.2) is 40.6 Å². The maximum Gasteiger partial charge on any atom is 0.284 e. The Kier molecular flexibility index (Phi) is 3.93. The molecule has 0 aromatic carbocycles. The molecule has 0 aliphatic carbocycles. The molecule has 1 aliphatic heterocycles. The van der Waals surface area contributed by atoms with Crippen LogP contribution in [0.5, 0.6) is 0 Å². The summed E-state index contributed by atoms with van der Waals surface area (Å²) in [5.41, 5.74) is 0. The van der Waals surface area contributed by atoms with Crippen molar-refractivity contribution in [3.8, 4) is 0 Å². The van der Waals surface area contributed by atoms with Gasteiger partial charge in [0.05, 0.1) is 0 Å². The van der Waals surface area contributed by atoms with E-state index in [-0.39, 0.29) is 5.91 Å². The number of nitrogens with one attached hydrogen (secondary N) is 1. The van der Waals surface area contributed by atoms with Crippen molar-refractivity contribution in [2.75, 3.05) is 25.0 Å². The number of nitrogens with zero attached hydrogens (tertiary/aromatic N) is 3. The minimum Gasteiger partial charge on any atom is -0.360 e. The summed E-state index contributed by atoms with van der Waals surface area (Å²) in [4.78, 5) is 14.0. The first kappa shape index (κ1) is 12.3. The standard InChI is InChI=1S/C11H18N4OS/c1-3-12-11-14-13-9(17-11)10(16)15-6-4-8(2)5-7-15/h8H,3-7H2,1-2H3,(H,12,14). The molecule has 1 saturated heterocycles. The Bertz CT molecular complexity index is 385. The molecule has 2 heterocycles. The van der Waals surface area contributed by atoms with Crippen LogP contribution in [-0.2, 0) is 0 Å². The average molecular weight is 254 g/mol. The molecule has 6 heteroatoms. The van der Waals surface area contributed by atoms with Crippen molar-refractivity contribution in [1.29, 1.82) is 0 Å². The van der Waals surface area contributed by atoms with Crippen molar-refractivity contribution in [1.82, 2.24) is 15.1 Å². The number of hydrogen-bond acceptors (Lipinski definition) is 5. The molecule has 1 aromatic rings. The highest BCUT2D eigenvalue weighted by atomic mass is 32.1. The van der Waals surface area contributed by atoms with Gasteiger partial charge in [-0.1, -0.05) is 18.3 Å². The van der Waals surface area contributed by atoms with Crippen LogP contribution in [0.25, 0.3) is 0 Å². The fourth-order valence-electron chi connectivity index (χ4n) is 1.88. The zero-order valence-corrected chi connectivity index (χ0v) is 11.1. The van der Waals surface area contributed by atoms with E-state index in [4.69, 9.17) is 0 Å². The predicted molar refractivity (Wildman–Crippen MR) is 68.4 cm³/mol. The maximum absolute atomic E-state index is 12.1. The van der Waals surface area contributed by atoms with Crippen LogP contribution >= 0.6 is 11.3 Å².